The lowest BCUT2D eigenvalue weighted by molar-refractivity contribution is 0.0904. The number of nitrogens with zero attached hydrogens (tertiary/aromatic N) is 1. The van der Waals surface area contributed by atoms with Gasteiger partial charge in [0.1, 0.15) is 17.7 Å². The quantitative estimate of drug-likeness (QED) is 0.641. The average molecular weight is 343 g/mol. The number of H-pyrrole nitrogens is 1. The summed E-state index contributed by atoms with van der Waals surface area (Å²) in [5, 5.41) is 19.4. The molecule has 0 aliphatic heterocycles. The molecule has 0 spiro atoms. The summed E-state index contributed by atoms with van der Waals surface area (Å²) in [6, 6.07) is 9.19. The maximum absolute atomic E-state index is 14.0. The van der Waals surface area contributed by atoms with Crippen molar-refractivity contribution in [3.63, 3.8) is 0 Å². The molecule has 1 amide bonds. The van der Waals surface area contributed by atoms with Crippen LogP contribution in [0.1, 0.15) is 35.6 Å². The molecule has 3 rings (SSSR count). The number of carbonyl (C=O) groups is 1. The Morgan fingerprint density at radius 2 is 2.16 bits per heavy atom. The van der Waals surface area contributed by atoms with Crippen LogP contribution in [0.2, 0.25) is 0 Å². The van der Waals surface area contributed by atoms with Crippen LogP contribution in [0.15, 0.2) is 53.3 Å². The van der Waals surface area contributed by atoms with Crippen molar-refractivity contribution < 1.29 is 18.7 Å². The Morgan fingerprint density at radius 1 is 1.36 bits per heavy atom. The van der Waals surface area contributed by atoms with E-state index in [-0.39, 0.29) is 23.6 Å². The summed E-state index contributed by atoms with van der Waals surface area (Å²) in [6.07, 6.45) is 2.30. The summed E-state index contributed by atoms with van der Waals surface area (Å²) in [6.45, 7) is 1.77. The Balaban J connectivity index is 1.70. The molecule has 3 N–H and O–H groups in total. The van der Waals surface area contributed by atoms with Gasteiger partial charge in [-0.05, 0) is 31.2 Å². The van der Waals surface area contributed by atoms with Crippen LogP contribution in [0.5, 0.6) is 0 Å². The summed E-state index contributed by atoms with van der Waals surface area (Å²) < 4.78 is 19.1. The SMILES string of the molecule is CC(CC(O)c1ccco1)NC(=O)c1cn[nH]c1-c1ccccc1F. The molecule has 0 bridgehead atoms. The minimum Gasteiger partial charge on any atom is -0.467 e. The second-order valence-electron chi connectivity index (χ2n) is 5.78. The third-order valence-corrected chi connectivity index (χ3v) is 3.85. The average Bonchev–Trinajstić information content (AvgIpc) is 3.27. The molecule has 2 unspecified atom stereocenters. The third-order valence-electron chi connectivity index (χ3n) is 3.85. The zero-order valence-electron chi connectivity index (χ0n) is 13.6. The minimum atomic E-state index is -0.819. The van der Waals surface area contributed by atoms with Crippen molar-refractivity contribution in [3.8, 4) is 11.3 Å². The van der Waals surface area contributed by atoms with Gasteiger partial charge >= 0.3 is 0 Å². The highest BCUT2D eigenvalue weighted by molar-refractivity contribution is 5.99. The van der Waals surface area contributed by atoms with Gasteiger partial charge in [-0.3, -0.25) is 9.89 Å². The molecule has 25 heavy (non-hydrogen) atoms. The maximum atomic E-state index is 14.0. The smallest absolute Gasteiger partial charge is 0.255 e. The van der Waals surface area contributed by atoms with Gasteiger partial charge in [0.05, 0.1) is 23.7 Å². The minimum absolute atomic E-state index is 0.240. The maximum Gasteiger partial charge on any atom is 0.255 e. The summed E-state index contributed by atoms with van der Waals surface area (Å²) in [5.41, 5.74) is 0.826. The number of aliphatic hydroxyl groups is 1. The van der Waals surface area contributed by atoms with Crippen LogP contribution >= 0.6 is 0 Å². The molecule has 2 atom stereocenters. The van der Waals surface area contributed by atoms with Crippen LogP contribution in [0.3, 0.4) is 0 Å². The van der Waals surface area contributed by atoms with E-state index < -0.39 is 17.8 Å². The summed E-state index contributed by atoms with van der Waals surface area (Å²) >= 11 is 0. The number of benzene rings is 1. The Kier molecular flexibility index (Phi) is 4.95. The fraction of sp³-hybridized carbons (Fsp3) is 0.222. The van der Waals surface area contributed by atoms with Gasteiger partial charge in [-0.1, -0.05) is 12.1 Å². The number of rotatable bonds is 6. The Labute approximate surface area is 143 Å². The molecular weight excluding hydrogens is 325 g/mol. The summed E-state index contributed by atoms with van der Waals surface area (Å²) in [4.78, 5) is 12.5. The third kappa shape index (κ3) is 3.77. The van der Waals surface area contributed by atoms with E-state index in [2.05, 4.69) is 15.5 Å². The van der Waals surface area contributed by atoms with Crippen LogP contribution in [0.4, 0.5) is 4.39 Å². The molecular formula is C18H18FN3O3. The predicted octanol–water partition coefficient (Wildman–Crippen LogP) is 3.05. The van der Waals surface area contributed by atoms with Crippen LogP contribution in [-0.4, -0.2) is 27.3 Å². The molecule has 7 heteroatoms. The second-order valence-corrected chi connectivity index (χ2v) is 5.78. The first kappa shape index (κ1) is 16.9. The first-order valence-electron chi connectivity index (χ1n) is 7.87. The number of carbonyl (C=O) groups excluding carboxylic acids is 1. The predicted molar refractivity (Wildman–Crippen MR) is 89.2 cm³/mol. The molecule has 2 aromatic heterocycles. The van der Waals surface area contributed by atoms with Gasteiger partial charge in [-0.2, -0.15) is 5.10 Å². The van der Waals surface area contributed by atoms with E-state index in [1.54, 1.807) is 37.3 Å². The number of hydrogen-bond acceptors (Lipinski definition) is 4. The van der Waals surface area contributed by atoms with Crippen molar-refractivity contribution in [2.45, 2.75) is 25.5 Å². The lowest BCUT2D eigenvalue weighted by Crippen LogP contribution is -2.33. The van der Waals surface area contributed by atoms with Crippen LogP contribution in [0.25, 0.3) is 11.3 Å². The number of hydrogen-bond donors (Lipinski definition) is 3. The van der Waals surface area contributed by atoms with E-state index >= 15 is 0 Å². The van der Waals surface area contributed by atoms with E-state index in [1.807, 2.05) is 0 Å². The van der Waals surface area contributed by atoms with E-state index in [1.165, 1.54) is 18.5 Å². The highest BCUT2D eigenvalue weighted by Gasteiger charge is 2.21. The highest BCUT2D eigenvalue weighted by atomic mass is 19.1. The molecule has 0 fully saturated rings. The Morgan fingerprint density at radius 3 is 2.88 bits per heavy atom. The number of nitrogens with one attached hydrogen (secondary N) is 2. The van der Waals surface area contributed by atoms with Gasteiger partial charge in [0.2, 0.25) is 0 Å². The highest BCUT2D eigenvalue weighted by Crippen LogP contribution is 2.24. The standard InChI is InChI=1S/C18H18FN3O3/c1-11(9-15(23)16-7-4-8-25-16)21-18(24)13-10-20-22-17(13)12-5-2-3-6-14(12)19/h2-8,10-11,15,23H,9H2,1H3,(H,20,22)(H,21,24). The zero-order chi connectivity index (χ0) is 17.8. The number of furan rings is 1. The lowest BCUT2D eigenvalue weighted by atomic mass is 10.1. The fourth-order valence-corrected chi connectivity index (χ4v) is 2.62. The molecule has 0 saturated heterocycles. The van der Waals surface area contributed by atoms with E-state index in [0.29, 0.717) is 11.5 Å². The van der Waals surface area contributed by atoms with Gasteiger partial charge in [-0.15, -0.1) is 0 Å². The molecule has 0 aliphatic rings. The number of aromatic amines is 1. The first-order chi connectivity index (χ1) is 12.1. The van der Waals surface area contributed by atoms with Crippen LogP contribution < -0.4 is 5.32 Å². The van der Waals surface area contributed by atoms with E-state index in [9.17, 15) is 14.3 Å². The van der Waals surface area contributed by atoms with Crippen molar-refractivity contribution in [3.05, 3.63) is 66.0 Å². The van der Waals surface area contributed by atoms with E-state index in [4.69, 9.17) is 4.42 Å². The van der Waals surface area contributed by atoms with Gasteiger partial charge < -0.3 is 14.8 Å². The van der Waals surface area contributed by atoms with Crippen molar-refractivity contribution in [1.82, 2.24) is 15.5 Å². The molecule has 2 heterocycles. The van der Waals surface area contributed by atoms with Gasteiger partial charge in [-0.25, -0.2) is 4.39 Å². The monoisotopic (exact) mass is 343 g/mol. The topological polar surface area (TPSA) is 91.2 Å². The molecule has 6 nitrogen and oxygen atoms in total. The lowest BCUT2D eigenvalue weighted by Gasteiger charge is -2.16. The van der Waals surface area contributed by atoms with Crippen LogP contribution in [0, 0.1) is 5.82 Å². The number of halogens is 1. The zero-order valence-corrected chi connectivity index (χ0v) is 13.6. The largest absolute Gasteiger partial charge is 0.467 e. The summed E-state index contributed by atoms with van der Waals surface area (Å²) in [7, 11) is 0. The van der Waals surface area contributed by atoms with Gasteiger partial charge in [0.15, 0.2) is 0 Å². The van der Waals surface area contributed by atoms with Crippen LogP contribution in [-0.2, 0) is 0 Å². The second kappa shape index (κ2) is 7.31. The van der Waals surface area contributed by atoms with Gasteiger partial charge in [0.25, 0.3) is 5.91 Å². The normalized spacial score (nSPS) is 13.4. The van der Waals surface area contributed by atoms with Crippen molar-refractivity contribution >= 4 is 5.91 Å². The number of aliphatic hydroxyl groups excluding tert-OH is 1. The summed E-state index contributed by atoms with van der Waals surface area (Å²) in [5.74, 6) is -0.398. The van der Waals surface area contributed by atoms with E-state index in [0.717, 1.165) is 0 Å². The number of aromatic nitrogens is 2. The molecule has 0 radical (unpaired) electrons. The molecule has 1 aromatic carbocycles. The van der Waals surface area contributed by atoms with Gasteiger partial charge in [0, 0.05) is 18.0 Å². The molecule has 0 aliphatic carbocycles. The molecule has 130 valence electrons. The number of amides is 1. The van der Waals surface area contributed by atoms with Crippen molar-refractivity contribution in [1.29, 1.82) is 0 Å². The van der Waals surface area contributed by atoms with Crippen molar-refractivity contribution in [2.75, 3.05) is 0 Å². The molecule has 3 aromatic rings. The molecule has 0 saturated carbocycles. The first-order valence-corrected chi connectivity index (χ1v) is 7.87. The Hall–Kier alpha value is -2.93. The Bertz CT molecular complexity index is 845. The fourth-order valence-electron chi connectivity index (χ4n) is 2.62. The van der Waals surface area contributed by atoms with Crippen molar-refractivity contribution in [2.24, 2.45) is 0 Å².